The fraction of sp³-hybridized carbons (Fsp3) is 0.455. The number of rotatable bonds is 4. The maximum atomic E-state index is 10.9. The molecule has 2 rings (SSSR count). The summed E-state index contributed by atoms with van der Waals surface area (Å²) in [5.74, 6) is 0.639. The van der Waals surface area contributed by atoms with Gasteiger partial charge in [0.1, 0.15) is 11.0 Å². The molecule has 1 saturated heterocycles. The molecule has 2 heterocycles. The molecule has 0 atom stereocenters. The second-order valence-electron chi connectivity index (χ2n) is 4.30. The lowest BCUT2D eigenvalue weighted by Gasteiger charge is -2.17. The first-order valence-electron chi connectivity index (χ1n) is 5.75. The molecular formula is C11H14ClN3O3S. The Labute approximate surface area is 117 Å². The summed E-state index contributed by atoms with van der Waals surface area (Å²) in [6.45, 7) is 1.42. The Morgan fingerprint density at radius 3 is 2.95 bits per heavy atom. The van der Waals surface area contributed by atoms with Crippen LogP contribution in [0.3, 0.4) is 0 Å². The maximum Gasteiger partial charge on any atom is 0.325 e. The predicted molar refractivity (Wildman–Crippen MR) is 72.3 cm³/mol. The van der Waals surface area contributed by atoms with Crippen LogP contribution in [0.15, 0.2) is 23.5 Å². The lowest BCUT2D eigenvalue weighted by Crippen LogP contribution is -2.24. The van der Waals surface area contributed by atoms with E-state index in [1.807, 2.05) is 11.0 Å². The van der Waals surface area contributed by atoms with Gasteiger partial charge in [0.05, 0.1) is 6.26 Å². The quantitative estimate of drug-likeness (QED) is 0.624. The Bertz CT molecular complexity index is 571. The van der Waals surface area contributed by atoms with Gasteiger partial charge in [0.25, 0.3) is 0 Å². The van der Waals surface area contributed by atoms with Crippen molar-refractivity contribution in [3.05, 3.63) is 29.0 Å². The van der Waals surface area contributed by atoms with Gasteiger partial charge in [-0.25, -0.2) is 4.98 Å². The van der Waals surface area contributed by atoms with E-state index in [0.717, 1.165) is 24.8 Å². The minimum atomic E-state index is -3.56. The highest BCUT2D eigenvalue weighted by Gasteiger charge is 2.20. The highest BCUT2D eigenvalue weighted by Crippen LogP contribution is 2.16. The lowest BCUT2D eigenvalue weighted by atomic mass is 10.3. The van der Waals surface area contributed by atoms with Gasteiger partial charge in [-0.2, -0.15) is 8.42 Å². The third-order valence-electron chi connectivity index (χ3n) is 2.63. The van der Waals surface area contributed by atoms with Gasteiger partial charge in [0.2, 0.25) is 0 Å². The zero-order valence-electron chi connectivity index (χ0n) is 10.4. The largest absolute Gasteiger partial charge is 0.353 e. The van der Waals surface area contributed by atoms with Gasteiger partial charge in [-0.15, -0.1) is 0 Å². The van der Waals surface area contributed by atoms with Crippen LogP contribution in [0.4, 0.5) is 0 Å². The van der Waals surface area contributed by atoms with E-state index in [4.69, 9.17) is 11.6 Å². The molecule has 1 aliphatic rings. The molecule has 0 unspecified atom stereocenters. The number of likely N-dealkylation sites (tertiary alicyclic amines) is 1. The lowest BCUT2D eigenvalue weighted by molar-refractivity contribution is 0.328. The van der Waals surface area contributed by atoms with Crippen LogP contribution in [0.1, 0.15) is 18.4 Å². The minimum absolute atomic E-state index is 0.444. The van der Waals surface area contributed by atoms with E-state index in [1.165, 1.54) is 0 Å². The molecule has 6 nitrogen and oxygen atoms in total. The molecule has 1 aliphatic heterocycles. The first-order valence-corrected chi connectivity index (χ1v) is 7.94. The molecule has 8 heteroatoms. The topological polar surface area (TPSA) is 71.9 Å². The van der Waals surface area contributed by atoms with Crippen LogP contribution in [-0.2, 0) is 20.9 Å². The average molecular weight is 304 g/mol. The van der Waals surface area contributed by atoms with Crippen LogP contribution in [0.25, 0.3) is 0 Å². The van der Waals surface area contributed by atoms with E-state index in [2.05, 4.69) is 14.4 Å². The van der Waals surface area contributed by atoms with Crippen LogP contribution in [-0.4, -0.2) is 36.9 Å². The number of nitrogens with zero attached hydrogens (tertiary/aromatic N) is 3. The van der Waals surface area contributed by atoms with Crippen molar-refractivity contribution in [1.82, 2.24) is 9.88 Å². The Morgan fingerprint density at radius 2 is 2.32 bits per heavy atom. The number of pyridine rings is 1. The molecule has 0 spiro atoms. The van der Waals surface area contributed by atoms with Crippen LogP contribution >= 0.6 is 11.6 Å². The molecule has 0 amide bonds. The van der Waals surface area contributed by atoms with E-state index in [9.17, 15) is 8.42 Å². The standard InChI is InChI=1S/C11H14ClN3O3S/c1-19(16,17)18-14-11-3-2-6-15(11)8-9-4-5-10(12)13-7-9/h4-5,7H,2-3,6,8H2,1H3/b14-11+. The molecular weight excluding hydrogens is 290 g/mol. The second-order valence-corrected chi connectivity index (χ2v) is 6.25. The highest BCUT2D eigenvalue weighted by atomic mass is 35.5. The molecule has 0 bridgehead atoms. The van der Waals surface area contributed by atoms with Gasteiger partial charge in [0, 0.05) is 25.7 Å². The molecule has 1 fully saturated rings. The summed E-state index contributed by atoms with van der Waals surface area (Å²) >= 11 is 5.72. The Kier molecular flexibility index (Phi) is 4.26. The van der Waals surface area contributed by atoms with Crippen molar-refractivity contribution in [2.45, 2.75) is 19.4 Å². The van der Waals surface area contributed by atoms with Crippen molar-refractivity contribution < 1.29 is 12.7 Å². The molecule has 104 valence electrons. The van der Waals surface area contributed by atoms with Crippen LogP contribution in [0.5, 0.6) is 0 Å². The zero-order valence-corrected chi connectivity index (χ0v) is 12.0. The second kappa shape index (κ2) is 5.75. The smallest absolute Gasteiger partial charge is 0.325 e. The third kappa shape index (κ3) is 4.36. The summed E-state index contributed by atoms with van der Waals surface area (Å²) < 4.78 is 26.3. The molecule has 1 aromatic rings. The van der Waals surface area contributed by atoms with E-state index in [0.29, 0.717) is 24.0 Å². The summed E-state index contributed by atoms with van der Waals surface area (Å²) in [7, 11) is -3.56. The SMILES string of the molecule is CS(=O)(=O)O/N=C1\CCCN1Cc1ccc(Cl)nc1. The fourth-order valence-corrected chi connectivity index (χ4v) is 2.15. The van der Waals surface area contributed by atoms with Crippen molar-refractivity contribution in [3.8, 4) is 0 Å². The Balaban J connectivity index is 2.05. The van der Waals surface area contributed by atoms with Gasteiger partial charge in [-0.1, -0.05) is 22.8 Å². The first-order chi connectivity index (χ1) is 8.94. The van der Waals surface area contributed by atoms with E-state index in [-0.39, 0.29) is 0 Å². The Hall–Kier alpha value is -1.34. The normalized spacial score (nSPS) is 18.0. The average Bonchev–Trinajstić information content (AvgIpc) is 2.76. The van der Waals surface area contributed by atoms with Crippen LogP contribution in [0, 0.1) is 0 Å². The number of hydrogen-bond donors (Lipinski definition) is 0. The van der Waals surface area contributed by atoms with E-state index >= 15 is 0 Å². The van der Waals surface area contributed by atoms with Gasteiger partial charge in [-0.3, -0.25) is 4.28 Å². The van der Waals surface area contributed by atoms with Crippen molar-refractivity contribution >= 4 is 27.6 Å². The van der Waals surface area contributed by atoms with E-state index < -0.39 is 10.1 Å². The number of halogens is 1. The van der Waals surface area contributed by atoms with Gasteiger partial charge in [-0.05, 0) is 18.1 Å². The Morgan fingerprint density at radius 1 is 1.53 bits per heavy atom. The van der Waals surface area contributed by atoms with Gasteiger partial charge in [0.15, 0.2) is 0 Å². The summed E-state index contributed by atoms with van der Waals surface area (Å²) in [4.78, 5) is 5.97. The summed E-state index contributed by atoms with van der Waals surface area (Å²) in [5.41, 5.74) is 0.985. The van der Waals surface area contributed by atoms with Crippen molar-refractivity contribution in [2.75, 3.05) is 12.8 Å². The number of hydrogen-bond acceptors (Lipinski definition) is 5. The summed E-state index contributed by atoms with van der Waals surface area (Å²) in [6, 6.07) is 3.60. The van der Waals surface area contributed by atoms with Crippen molar-refractivity contribution in [2.24, 2.45) is 5.16 Å². The summed E-state index contributed by atoms with van der Waals surface area (Å²) in [5, 5.41) is 4.14. The molecule has 0 radical (unpaired) electrons. The zero-order chi connectivity index (χ0) is 13.9. The van der Waals surface area contributed by atoms with Crippen molar-refractivity contribution in [1.29, 1.82) is 0 Å². The van der Waals surface area contributed by atoms with E-state index in [1.54, 1.807) is 12.3 Å². The number of aromatic nitrogens is 1. The molecule has 1 aromatic heterocycles. The fourth-order valence-electron chi connectivity index (χ4n) is 1.82. The first kappa shape index (κ1) is 14.1. The molecule has 0 saturated carbocycles. The number of amidine groups is 1. The molecule has 0 aliphatic carbocycles. The highest BCUT2D eigenvalue weighted by molar-refractivity contribution is 7.85. The predicted octanol–water partition coefficient (Wildman–Crippen LogP) is 1.62. The maximum absolute atomic E-state index is 10.9. The van der Waals surface area contributed by atoms with Crippen LogP contribution in [0.2, 0.25) is 5.15 Å². The molecule has 19 heavy (non-hydrogen) atoms. The molecule has 0 aromatic carbocycles. The van der Waals surface area contributed by atoms with Gasteiger partial charge < -0.3 is 4.90 Å². The summed E-state index contributed by atoms with van der Waals surface area (Å²) in [6.07, 6.45) is 4.29. The van der Waals surface area contributed by atoms with Crippen LogP contribution < -0.4 is 0 Å². The van der Waals surface area contributed by atoms with Gasteiger partial charge >= 0.3 is 10.1 Å². The molecule has 0 N–H and O–H groups in total. The minimum Gasteiger partial charge on any atom is -0.353 e. The number of oxime groups is 1. The monoisotopic (exact) mass is 303 g/mol. The van der Waals surface area contributed by atoms with Crippen molar-refractivity contribution in [3.63, 3.8) is 0 Å². The third-order valence-corrected chi connectivity index (χ3v) is 3.20.